The number of esters is 1. The molecule has 1 N–H and O–H groups in total. The number of carbonyl (C=O) groups excluding carboxylic acids is 1. The van der Waals surface area contributed by atoms with Gasteiger partial charge in [0.15, 0.2) is 0 Å². The number of benzene rings is 1. The van der Waals surface area contributed by atoms with Gasteiger partial charge in [0.1, 0.15) is 5.82 Å². The van der Waals surface area contributed by atoms with Gasteiger partial charge in [0.2, 0.25) is 0 Å². The summed E-state index contributed by atoms with van der Waals surface area (Å²) in [5, 5.41) is 3.03. The molecule has 5 heteroatoms. The zero-order valence-corrected chi connectivity index (χ0v) is 10.5. The molecule has 0 radical (unpaired) electrons. The minimum absolute atomic E-state index is 0.255. The minimum Gasteiger partial charge on any atom is -0.469 e. The monoisotopic (exact) mass is 289 g/mol. The lowest BCUT2D eigenvalue weighted by Gasteiger charge is -2.04. The number of hydrogen-bond acceptors (Lipinski definition) is 3. The average molecular weight is 290 g/mol. The molecule has 0 atom stereocenters. The molecule has 0 heterocycles. The Morgan fingerprint density at radius 1 is 1.56 bits per heavy atom. The van der Waals surface area contributed by atoms with Crippen LogP contribution in [0.25, 0.3) is 0 Å². The van der Waals surface area contributed by atoms with Gasteiger partial charge in [-0.15, -0.1) is 0 Å². The van der Waals surface area contributed by atoms with Crippen LogP contribution >= 0.6 is 15.9 Å². The lowest BCUT2D eigenvalue weighted by Crippen LogP contribution is -2.18. The first-order chi connectivity index (χ1) is 7.63. The molecule has 0 aliphatic rings. The molecular formula is C11H13BrFNO2. The van der Waals surface area contributed by atoms with Crippen molar-refractivity contribution in [3.63, 3.8) is 0 Å². The molecule has 0 unspecified atom stereocenters. The fraction of sp³-hybridized carbons (Fsp3) is 0.364. The van der Waals surface area contributed by atoms with E-state index >= 15 is 0 Å². The Bertz CT molecular complexity index is 371. The van der Waals surface area contributed by atoms with Crippen molar-refractivity contribution in [2.45, 2.75) is 13.0 Å². The highest BCUT2D eigenvalue weighted by Gasteiger charge is 2.01. The predicted octanol–water partition coefficient (Wildman–Crippen LogP) is 2.24. The summed E-state index contributed by atoms with van der Waals surface area (Å²) < 4.78 is 18.1. The number of carbonyl (C=O) groups is 1. The number of halogens is 2. The van der Waals surface area contributed by atoms with E-state index in [0.717, 1.165) is 5.56 Å². The summed E-state index contributed by atoms with van der Waals surface area (Å²) in [6.45, 7) is 1.05. The Labute approximate surface area is 102 Å². The molecule has 0 aromatic heterocycles. The van der Waals surface area contributed by atoms with Crippen molar-refractivity contribution in [2.75, 3.05) is 13.7 Å². The molecule has 0 bridgehead atoms. The smallest absolute Gasteiger partial charge is 0.306 e. The van der Waals surface area contributed by atoms with Gasteiger partial charge in [-0.25, -0.2) is 4.39 Å². The summed E-state index contributed by atoms with van der Waals surface area (Å²) in [7, 11) is 1.35. The summed E-state index contributed by atoms with van der Waals surface area (Å²) in [4.78, 5) is 10.8. The third-order valence-electron chi connectivity index (χ3n) is 2.05. The number of ether oxygens (including phenoxy) is 1. The number of rotatable bonds is 5. The Morgan fingerprint density at radius 2 is 2.31 bits per heavy atom. The van der Waals surface area contributed by atoms with Crippen molar-refractivity contribution in [3.8, 4) is 0 Å². The number of nitrogens with one attached hydrogen (secondary N) is 1. The van der Waals surface area contributed by atoms with E-state index in [-0.39, 0.29) is 11.8 Å². The highest BCUT2D eigenvalue weighted by molar-refractivity contribution is 9.10. The van der Waals surface area contributed by atoms with Gasteiger partial charge in [-0.05, 0) is 33.6 Å². The molecular weight excluding hydrogens is 277 g/mol. The fourth-order valence-electron chi connectivity index (χ4n) is 1.17. The van der Waals surface area contributed by atoms with Crippen LogP contribution in [0.2, 0.25) is 0 Å². The van der Waals surface area contributed by atoms with Gasteiger partial charge in [0, 0.05) is 13.1 Å². The fourth-order valence-corrected chi connectivity index (χ4v) is 1.42. The molecule has 0 spiro atoms. The molecule has 1 aromatic rings. The van der Waals surface area contributed by atoms with Crippen LogP contribution in [-0.2, 0) is 16.1 Å². The lowest BCUT2D eigenvalue weighted by atomic mass is 10.2. The summed E-state index contributed by atoms with van der Waals surface area (Å²) >= 11 is 3.08. The number of hydrogen-bond donors (Lipinski definition) is 1. The first-order valence-corrected chi connectivity index (χ1v) is 5.64. The van der Waals surface area contributed by atoms with Crippen molar-refractivity contribution in [1.29, 1.82) is 0 Å². The van der Waals surface area contributed by atoms with E-state index in [0.29, 0.717) is 24.0 Å². The second kappa shape index (κ2) is 6.60. The van der Waals surface area contributed by atoms with Gasteiger partial charge >= 0.3 is 5.97 Å². The second-order valence-corrected chi connectivity index (χ2v) is 4.11. The Hall–Kier alpha value is -0.940. The summed E-state index contributed by atoms with van der Waals surface area (Å²) in [6, 6.07) is 4.93. The minimum atomic E-state index is -0.285. The molecule has 88 valence electrons. The van der Waals surface area contributed by atoms with Crippen LogP contribution in [0.3, 0.4) is 0 Å². The molecule has 16 heavy (non-hydrogen) atoms. The van der Waals surface area contributed by atoms with Gasteiger partial charge in [-0.2, -0.15) is 0 Å². The maximum Gasteiger partial charge on any atom is 0.306 e. The highest BCUT2D eigenvalue weighted by atomic mass is 79.9. The van der Waals surface area contributed by atoms with Crippen molar-refractivity contribution >= 4 is 21.9 Å². The molecule has 0 saturated carbocycles. The average Bonchev–Trinajstić information content (AvgIpc) is 2.28. The lowest BCUT2D eigenvalue weighted by molar-refractivity contribution is -0.140. The molecule has 0 saturated heterocycles. The zero-order chi connectivity index (χ0) is 12.0. The van der Waals surface area contributed by atoms with Crippen LogP contribution in [0.4, 0.5) is 4.39 Å². The topological polar surface area (TPSA) is 38.3 Å². The van der Waals surface area contributed by atoms with Gasteiger partial charge in [-0.1, -0.05) is 6.07 Å². The number of methoxy groups -OCH3 is 1. The summed E-state index contributed by atoms with van der Waals surface area (Å²) in [6.07, 6.45) is 0.315. The van der Waals surface area contributed by atoms with Crippen LogP contribution in [-0.4, -0.2) is 19.6 Å². The molecule has 3 nitrogen and oxygen atoms in total. The van der Waals surface area contributed by atoms with Crippen LogP contribution in [0.15, 0.2) is 22.7 Å². The van der Waals surface area contributed by atoms with Gasteiger partial charge in [0.25, 0.3) is 0 Å². The van der Waals surface area contributed by atoms with E-state index in [2.05, 4.69) is 26.0 Å². The molecule has 0 aliphatic heterocycles. The van der Waals surface area contributed by atoms with Crippen molar-refractivity contribution in [1.82, 2.24) is 5.32 Å². The van der Waals surface area contributed by atoms with Crippen LogP contribution in [0.1, 0.15) is 12.0 Å². The van der Waals surface area contributed by atoms with E-state index in [1.807, 2.05) is 6.07 Å². The van der Waals surface area contributed by atoms with E-state index in [1.165, 1.54) is 13.2 Å². The van der Waals surface area contributed by atoms with E-state index < -0.39 is 0 Å². The molecule has 1 aromatic carbocycles. The predicted molar refractivity (Wildman–Crippen MR) is 62.4 cm³/mol. The highest BCUT2D eigenvalue weighted by Crippen LogP contribution is 2.16. The largest absolute Gasteiger partial charge is 0.469 e. The van der Waals surface area contributed by atoms with Crippen LogP contribution < -0.4 is 5.32 Å². The third kappa shape index (κ3) is 4.28. The normalized spacial score (nSPS) is 10.2. The standard InChI is InChI=1S/C11H13BrFNO2/c1-16-11(15)4-5-14-7-8-2-3-9(12)10(13)6-8/h2-3,6,14H,4-5,7H2,1H3. The first-order valence-electron chi connectivity index (χ1n) is 4.85. The van der Waals surface area contributed by atoms with E-state index in [9.17, 15) is 9.18 Å². The first kappa shape index (κ1) is 13.1. The Morgan fingerprint density at radius 3 is 2.94 bits per heavy atom. The summed E-state index contributed by atoms with van der Waals surface area (Å²) in [5.74, 6) is -0.540. The molecule has 0 amide bonds. The van der Waals surface area contributed by atoms with Gasteiger partial charge in [0.05, 0.1) is 18.0 Å². The maximum atomic E-state index is 13.1. The van der Waals surface area contributed by atoms with Crippen molar-refractivity contribution < 1.29 is 13.9 Å². The Balaban J connectivity index is 2.32. The molecule has 0 fully saturated rings. The Kier molecular flexibility index (Phi) is 5.42. The van der Waals surface area contributed by atoms with E-state index in [4.69, 9.17) is 0 Å². The SMILES string of the molecule is COC(=O)CCNCc1ccc(Br)c(F)c1. The molecule has 0 aliphatic carbocycles. The maximum absolute atomic E-state index is 13.1. The second-order valence-electron chi connectivity index (χ2n) is 3.25. The molecule has 1 rings (SSSR count). The van der Waals surface area contributed by atoms with E-state index in [1.54, 1.807) is 6.07 Å². The summed E-state index contributed by atoms with van der Waals surface area (Å²) in [5.41, 5.74) is 0.838. The van der Waals surface area contributed by atoms with Gasteiger partial charge in [-0.3, -0.25) is 4.79 Å². The van der Waals surface area contributed by atoms with Crippen LogP contribution in [0.5, 0.6) is 0 Å². The van der Waals surface area contributed by atoms with Crippen LogP contribution in [0, 0.1) is 5.82 Å². The van der Waals surface area contributed by atoms with Gasteiger partial charge < -0.3 is 10.1 Å². The van der Waals surface area contributed by atoms with Crippen molar-refractivity contribution in [3.05, 3.63) is 34.1 Å². The quantitative estimate of drug-likeness (QED) is 0.667. The van der Waals surface area contributed by atoms with Crippen molar-refractivity contribution in [2.24, 2.45) is 0 Å². The third-order valence-corrected chi connectivity index (χ3v) is 2.69. The zero-order valence-electron chi connectivity index (χ0n) is 8.93.